The molecule has 1 atom stereocenters. The molecule has 1 saturated heterocycles. The third-order valence-electron chi connectivity index (χ3n) is 4.90. The maximum atomic E-state index is 5.75. The second kappa shape index (κ2) is 12.5. The smallest absolute Gasteiger partial charge is 0.191 e. The molecule has 1 fully saturated rings. The zero-order valence-corrected chi connectivity index (χ0v) is 20.2. The molecule has 0 bridgehead atoms. The molecule has 3 rings (SSSR count). The predicted octanol–water partition coefficient (Wildman–Crippen LogP) is 3.33. The largest absolute Gasteiger partial charge is 0.489 e. The Bertz CT molecular complexity index is 821. The molecule has 1 aliphatic rings. The first-order valence-corrected chi connectivity index (χ1v) is 10.3. The van der Waals surface area contributed by atoms with Gasteiger partial charge >= 0.3 is 0 Å². The number of nitrogens with zero attached hydrogens (tertiary/aromatic N) is 4. The molecule has 0 spiro atoms. The van der Waals surface area contributed by atoms with Gasteiger partial charge in [-0.15, -0.1) is 24.0 Å². The predicted molar refractivity (Wildman–Crippen MR) is 134 cm³/mol. The Labute approximate surface area is 196 Å². The maximum absolute atomic E-state index is 5.75. The highest BCUT2D eigenvalue weighted by Gasteiger charge is 2.21. The van der Waals surface area contributed by atoms with Gasteiger partial charge in [0, 0.05) is 44.5 Å². The van der Waals surface area contributed by atoms with Gasteiger partial charge < -0.3 is 20.3 Å². The lowest BCUT2D eigenvalue weighted by Crippen LogP contribution is -2.51. The summed E-state index contributed by atoms with van der Waals surface area (Å²) in [5.74, 6) is 1.69. The van der Waals surface area contributed by atoms with Crippen molar-refractivity contribution >= 4 is 35.6 Å². The van der Waals surface area contributed by atoms with E-state index in [1.165, 1.54) is 5.69 Å². The van der Waals surface area contributed by atoms with Gasteiger partial charge in [-0.2, -0.15) is 5.10 Å². The second-order valence-electron chi connectivity index (χ2n) is 7.20. The van der Waals surface area contributed by atoms with E-state index in [1.807, 2.05) is 36.1 Å². The Morgan fingerprint density at radius 2 is 2.23 bits per heavy atom. The molecule has 2 aromatic rings. The van der Waals surface area contributed by atoms with E-state index in [4.69, 9.17) is 9.73 Å². The number of rotatable bonds is 8. The molecule has 0 amide bonds. The Morgan fingerprint density at radius 3 is 2.97 bits per heavy atom. The minimum atomic E-state index is 0. The van der Waals surface area contributed by atoms with Gasteiger partial charge in [0.15, 0.2) is 5.96 Å². The van der Waals surface area contributed by atoms with Gasteiger partial charge in [-0.3, -0.25) is 4.68 Å². The topological polar surface area (TPSA) is 66.7 Å². The average Bonchev–Trinajstić information content (AvgIpc) is 3.18. The van der Waals surface area contributed by atoms with Crippen molar-refractivity contribution in [1.82, 2.24) is 20.4 Å². The van der Waals surface area contributed by atoms with Crippen LogP contribution in [0.2, 0.25) is 0 Å². The third kappa shape index (κ3) is 6.93. The van der Waals surface area contributed by atoms with E-state index in [1.54, 1.807) is 6.08 Å². The highest BCUT2D eigenvalue weighted by molar-refractivity contribution is 14.0. The summed E-state index contributed by atoms with van der Waals surface area (Å²) in [6, 6.07) is 8.36. The van der Waals surface area contributed by atoms with Crippen molar-refractivity contribution in [2.45, 2.75) is 32.4 Å². The van der Waals surface area contributed by atoms with Crippen molar-refractivity contribution in [2.24, 2.45) is 12.0 Å². The number of halogens is 1. The van der Waals surface area contributed by atoms with Crippen molar-refractivity contribution in [1.29, 1.82) is 0 Å². The molecule has 164 valence electrons. The Kier molecular flexibility index (Phi) is 9.99. The highest BCUT2D eigenvalue weighted by Crippen LogP contribution is 2.20. The van der Waals surface area contributed by atoms with Crippen LogP contribution in [-0.2, 0) is 13.6 Å². The number of ether oxygens (including phenoxy) is 1. The van der Waals surface area contributed by atoms with Crippen molar-refractivity contribution in [3.05, 3.63) is 54.9 Å². The summed E-state index contributed by atoms with van der Waals surface area (Å²) < 4.78 is 7.60. The van der Waals surface area contributed by atoms with E-state index in [9.17, 15) is 0 Å². The third-order valence-corrected chi connectivity index (χ3v) is 4.90. The maximum Gasteiger partial charge on any atom is 0.191 e. The number of hydrogen-bond donors (Lipinski definition) is 2. The average molecular weight is 524 g/mol. The van der Waals surface area contributed by atoms with E-state index < -0.39 is 0 Å². The van der Waals surface area contributed by atoms with Gasteiger partial charge in [0.25, 0.3) is 0 Å². The number of guanidine groups is 1. The van der Waals surface area contributed by atoms with E-state index in [0.29, 0.717) is 19.2 Å². The summed E-state index contributed by atoms with van der Waals surface area (Å²) in [4.78, 5) is 7.19. The van der Waals surface area contributed by atoms with Gasteiger partial charge in [0.1, 0.15) is 12.4 Å². The van der Waals surface area contributed by atoms with Crippen LogP contribution in [0.4, 0.5) is 5.69 Å². The summed E-state index contributed by atoms with van der Waals surface area (Å²) in [7, 11) is 1.95. The number of benzene rings is 1. The number of anilines is 1. The number of aryl methyl sites for hydroxylation is 1. The van der Waals surface area contributed by atoms with Gasteiger partial charge in [0.05, 0.1) is 18.4 Å². The molecular formula is C22H33IN6O. The van der Waals surface area contributed by atoms with Crippen molar-refractivity contribution in [2.75, 3.05) is 31.1 Å². The number of aromatic nitrogens is 2. The van der Waals surface area contributed by atoms with Crippen LogP contribution in [0, 0.1) is 0 Å². The van der Waals surface area contributed by atoms with Gasteiger partial charge in [-0.25, -0.2) is 4.99 Å². The van der Waals surface area contributed by atoms with Gasteiger partial charge in [0.2, 0.25) is 0 Å². The Hall–Kier alpha value is -2.23. The van der Waals surface area contributed by atoms with Crippen LogP contribution in [0.5, 0.6) is 5.75 Å². The Morgan fingerprint density at radius 1 is 1.40 bits per heavy atom. The van der Waals surface area contributed by atoms with Crippen LogP contribution < -0.4 is 20.3 Å². The normalized spacial score (nSPS) is 16.5. The molecular weight excluding hydrogens is 491 g/mol. The van der Waals surface area contributed by atoms with E-state index in [-0.39, 0.29) is 24.0 Å². The minimum Gasteiger partial charge on any atom is -0.489 e. The van der Waals surface area contributed by atoms with Crippen LogP contribution in [0.15, 0.2) is 54.3 Å². The number of nitrogens with one attached hydrogen (secondary N) is 2. The molecule has 0 saturated carbocycles. The number of para-hydroxylation sites is 1. The number of aliphatic imine (C=N–C) groups is 1. The van der Waals surface area contributed by atoms with Crippen molar-refractivity contribution in [3.8, 4) is 5.75 Å². The first-order chi connectivity index (χ1) is 14.2. The van der Waals surface area contributed by atoms with Crippen LogP contribution in [0.1, 0.15) is 25.3 Å². The number of piperidine rings is 1. The molecule has 8 heteroatoms. The monoisotopic (exact) mass is 524 g/mol. The molecule has 1 aromatic heterocycles. The fourth-order valence-electron chi connectivity index (χ4n) is 3.50. The summed E-state index contributed by atoms with van der Waals surface area (Å²) >= 11 is 0. The van der Waals surface area contributed by atoms with E-state index >= 15 is 0 Å². The molecule has 2 heterocycles. The summed E-state index contributed by atoms with van der Waals surface area (Å²) in [5, 5.41) is 11.3. The second-order valence-corrected chi connectivity index (χ2v) is 7.20. The molecule has 30 heavy (non-hydrogen) atoms. The molecule has 2 N–H and O–H groups in total. The number of hydrogen-bond acceptors (Lipinski definition) is 4. The minimum absolute atomic E-state index is 0. The van der Waals surface area contributed by atoms with Crippen LogP contribution in [-0.4, -0.2) is 48.0 Å². The summed E-state index contributed by atoms with van der Waals surface area (Å²) in [6.45, 7) is 9.67. The highest BCUT2D eigenvalue weighted by atomic mass is 127. The van der Waals surface area contributed by atoms with Crippen molar-refractivity contribution in [3.63, 3.8) is 0 Å². The molecule has 1 aromatic carbocycles. The molecule has 0 radical (unpaired) electrons. The van der Waals surface area contributed by atoms with Gasteiger partial charge in [-0.1, -0.05) is 30.9 Å². The SMILES string of the molecule is C=CCOc1ccccc1CN=C(NCC)NC1CCCN(c2cnn(C)c2)C1.I. The van der Waals surface area contributed by atoms with Crippen molar-refractivity contribution < 1.29 is 4.74 Å². The molecule has 0 aliphatic carbocycles. The lowest BCUT2D eigenvalue weighted by Gasteiger charge is -2.34. The zero-order valence-electron chi connectivity index (χ0n) is 17.9. The fraction of sp³-hybridized carbons (Fsp3) is 0.455. The van der Waals surface area contributed by atoms with E-state index in [2.05, 4.69) is 46.4 Å². The summed E-state index contributed by atoms with van der Waals surface area (Å²) in [6.07, 6.45) is 8.02. The first-order valence-electron chi connectivity index (χ1n) is 10.3. The molecule has 7 nitrogen and oxygen atoms in total. The fourth-order valence-corrected chi connectivity index (χ4v) is 3.50. The van der Waals surface area contributed by atoms with Crippen LogP contribution in [0.3, 0.4) is 0 Å². The lowest BCUT2D eigenvalue weighted by molar-refractivity contribution is 0.359. The first kappa shape index (κ1) is 24.0. The zero-order chi connectivity index (χ0) is 20.5. The molecule has 1 aliphatic heterocycles. The van der Waals surface area contributed by atoms with E-state index in [0.717, 1.165) is 49.7 Å². The van der Waals surface area contributed by atoms with Crippen LogP contribution >= 0.6 is 24.0 Å². The van der Waals surface area contributed by atoms with Gasteiger partial charge in [-0.05, 0) is 25.8 Å². The summed E-state index contributed by atoms with van der Waals surface area (Å²) in [5.41, 5.74) is 2.24. The lowest BCUT2D eigenvalue weighted by atomic mass is 10.1. The molecule has 1 unspecified atom stereocenters. The standard InChI is InChI=1S/C22H32N6O.HI/c1-4-13-29-21-11-7-6-9-18(21)14-24-22(23-5-2)26-19-10-8-12-28(16-19)20-15-25-27(3)17-20;/h4,6-7,9,11,15,17,19H,1,5,8,10,12-14,16H2,2-3H3,(H2,23,24,26);1H. The quantitative estimate of drug-likeness (QED) is 0.240. The Balaban J connectivity index is 0.00000320. The van der Waals surface area contributed by atoms with Crippen LogP contribution in [0.25, 0.3) is 0 Å².